The minimum Gasteiger partial charge on any atom is -0.478 e. The Labute approximate surface area is 107 Å². The Morgan fingerprint density at radius 2 is 2.33 bits per heavy atom. The first-order valence-corrected chi connectivity index (χ1v) is 6.31. The lowest BCUT2D eigenvalue weighted by Crippen LogP contribution is -2.35. The number of aromatic carboxylic acids is 1. The fourth-order valence-electron chi connectivity index (χ4n) is 2.67. The summed E-state index contributed by atoms with van der Waals surface area (Å²) in [6.07, 6.45) is 4.73. The minimum absolute atomic E-state index is 0.133. The van der Waals surface area contributed by atoms with Crippen molar-refractivity contribution in [1.29, 1.82) is 0 Å². The lowest BCUT2D eigenvalue weighted by atomic mass is 10.1. The second-order valence-corrected chi connectivity index (χ2v) is 4.83. The molecule has 5 heteroatoms. The summed E-state index contributed by atoms with van der Waals surface area (Å²) in [6, 6.07) is 2.42. The SMILES string of the molecule is CCC1CCC(C)N1c1cc(C(=O)O)c(N)cn1. The van der Waals surface area contributed by atoms with Gasteiger partial charge in [0.2, 0.25) is 0 Å². The normalized spacial score (nSPS) is 23.3. The van der Waals surface area contributed by atoms with Gasteiger partial charge in [0.15, 0.2) is 0 Å². The molecule has 0 aliphatic carbocycles. The molecule has 2 unspecified atom stereocenters. The summed E-state index contributed by atoms with van der Waals surface area (Å²) < 4.78 is 0. The summed E-state index contributed by atoms with van der Waals surface area (Å²) in [5, 5.41) is 9.10. The van der Waals surface area contributed by atoms with E-state index in [1.54, 1.807) is 6.07 Å². The number of hydrogen-bond donors (Lipinski definition) is 2. The van der Waals surface area contributed by atoms with E-state index in [9.17, 15) is 4.79 Å². The molecule has 0 saturated carbocycles. The topological polar surface area (TPSA) is 79.5 Å². The van der Waals surface area contributed by atoms with Gasteiger partial charge in [0.05, 0.1) is 17.4 Å². The average Bonchev–Trinajstić information content (AvgIpc) is 2.71. The molecule has 0 amide bonds. The summed E-state index contributed by atoms with van der Waals surface area (Å²) in [5.74, 6) is -0.283. The summed E-state index contributed by atoms with van der Waals surface area (Å²) in [7, 11) is 0. The quantitative estimate of drug-likeness (QED) is 0.857. The van der Waals surface area contributed by atoms with E-state index in [0.29, 0.717) is 12.1 Å². The Kier molecular flexibility index (Phi) is 3.41. The zero-order valence-corrected chi connectivity index (χ0v) is 10.8. The summed E-state index contributed by atoms with van der Waals surface area (Å²) in [6.45, 7) is 4.29. The van der Waals surface area contributed by atoms with Crippen LogP contribution in [0.1, 0.15) is 43.5 Å². The van der Waals surface area contributed by atoms with Crippen LogP contribution in [0.4, 0.5) is 11.5 Å². The van der Waals surface area contributed by atoms with Gasteiger partial charge in [0, 0.05) is 12.1 Å². The van der Waals surface area contributed by atoms with Crippen LogP contribution in [-0.2, 0) is 0 Å². The molecule has 1 aliphatic rings. The molecule has 1 aliphatic heterocycles. The highest BCUT2D eigenvalue weighted by atomic mass is 16.4. The van der Waals surface area contributed by atoms with Gasteiger partial charge in [-0.05, 0) is 32.3 Å². The third-order valence-electron chi connectivity index (χ3n) is 3.67. The number of aromatic nitrogens is 1. The maximum atomic E-state index is 11.1. The van der Waals surface area contributed by atoms with Gasteiger partial charge in [-0.25, -0.2) is 9.78 Å². The maximum absolute atomic E-state index is 11.1. The molecule has 18 heavy (non-hydrogen) atoms. The number of carbonyl (C=O) groups is 1. The third-order valence-corrected chi connectivity index (χ3v) is 3.67. The van der Waals surface area contributed by atoms with Gasteiger partial charge in [0.1, 0.15) is 5.82 Å². The standard InChI is InChI=1S/C13H19N3O2/c1-3-9-5-4-8(2)16(9)12-6-10(13(17)18)11(14)7-15-12/h6-9H,3-5,14H2,1-2H3,(H,17,18). The lowest BCUT2D eigenvalue weighted by molar-refractivity contribution is 0.0698. The molecule has 98 valence electrons. The van der Waals surface area contributed by atoms with Gasteiger partial charge in [-0.15, -0.1) is 0 Å². The molecular formula is C13H19N3O2. The van der Waals surface area contributed by atoms with E-state index >= 15 is 0 Å². The van der Waals surface area contributed by atoms with Gasteiger partial charge < -0.3 is 15.7 Å². The zero-order valence-electron chi connectivity index (χ0n) is 10.8. The number of anilines is 2. The Morgan fingerprint density at radius 1 is 1.61 bits per heavy atom. The van der Waals surface area contributed by atoms with Gasteiger partial charge in [-0.1, -0.05) is 6.92 Å². The van der Waals surface area contributed by atoms with Crippen molar-refractivity contribution in [3.63, 3.8) is 0 Å². The van der Waals surface area contributed by atoms with Crippen molar-refractivity contribution in [3.8, 4) is 0 Å². The van der Waals surface area contributed by atoms with Crippen molar-refractivity contribution >= 4 is 17.5 Å². The molecule has 1 aromatic rings. The molecule has 0 bridgehead atoms. The highest BCUT2D eigenvalue weighted by Gasteiger charge is 2.30. The van der Waals surface area contributed by atoms with Gasteiger partial charge in [-0.2, -0.15) is 0 Å². The number of hydrogen-bond acceptors (Lipinski definition) is 4. The molecule has 1 aromatic heterocycles. The largest absolute Gasteiger partial charge is 0.478 e. The fourth-order valence-corrected chi connectivity index (χ4v) is 2.67. The smallest absolute Gasteiger partial charge is 0.337 e. The number of nitrogen functional groups attached to an aromatic ring is 1. The van der Waals surface area contributed by atoms with Crippen LogP contribution in [0.3, 0.4) is 0 Å². The molecule has 0 spiro atoms. The van der Waals surface area contributed by atoms with Crippen molar-refractivity contribution in [2.24, 2.45) is 0 Å². The Bertz CT molecular complexity index is 462. The first kappa shape index (κ1) is 12.7. The predicted octanol–water partition coefficient (Wildman–Crippen LogP) is 2.13. The van der Waals surface area contributed by atoms with E-state index in [-0.39, 0.29) is 11.3 Å². The van der Waals surface area contributed by atoms with Crippen LogP contribution in [0.2, 0.25) is 0 Å². The molecule has 2 atom stereocenters. The van der Waals surface area contributed by atoms with Crippen LogP contribution >= 0.6 is 0 Å². The van der Waals surface area contributed by atoms with Crippen molar-refractivity contribution in [3.05, 3.63) is 17.8 Å². The molecule has 0 aromatic carbocycles. The fraction of sp³-hybridized carbons (Fsp3) is 0.538. The summed E-state index contributed by atoms with van der Waals surface area (Å²) in [5.41, 5.74) is 5.98. The van der Waals surface area contributed by atoms with Crippen molar-refractivity contribution in [1.82, 2.24) is 4.98 Å². The van der Waals surface area contributed by atoms with Gasteiger partial charge in [0.25, 0.3) is 0 Å². The number of rotatable bonds is 3. The van der Waals surface area contributed by atoms with E-state index < -0.39 is 5.97 Å². The Hall–Kier alpha value is -1.78. The zero-order chi connectivity index (χ0) is 13.3. The number of carboxylic acids is 1. The van der Waals surface area contributed by atoms with Crippen LogP contribution in [-0.4, -0.2) is 28.1 Å². The van der Waals surface area contributed by atoms with Crippen molar-refractivity contribution < 1.29 is 9.90 Å². The second-order valence-electron chi connectivity index (χ2n) is 4.83. The molecular weight excluding hydrogens is 230 g/mol. The number of pyridine rings is 1. The van der Waals surface area contributed by atoms with Crippen LogP contribution in [0.25, 0.3) is 0 Å². The van der Waals surface area contributed by atoms with Crippen molar-refractivity contribution in [2.75, 3.05) is 10.6 Å². The van der Waals surface area contributed by atoms with Gasteiger partial charge >= 0.3 is 5.97 Å². The average molecular weight is 249 g/mol. The molecule has 1 saturated heterocycles. The number of nitrogens with zero attached hydrogens (tertiary/aromatic N) is 2. The molecule has 1 fully saturated rings. The highest BCUT2D eigenvalue weighted by molar-refractivity contribution is 5.94. The van der Waals surface area contributed by atoms with Crippen LogP contribution in [0, 0.1) is 0 Å². The minimum atomic E-state index is -1.00. The van der Waals surface area contributed by atoms with E-state index in [1.165, 1.54) is 6.20 Å². The predicted molar refractivity (Wildman–Crippen MR) is 70.9 cm³/mol. The molecule has 5 nitrogen and oxygen atoms in total. The van der Waals surface area contributed by atoms with E-state index in [1.807, 2.05) is 0 Å². The summed E-state index contributed by atoms with van der Waals surface area (Å²) in [4.78, 5) is 17.6. The van der Waals surface area contributed by atoms with E-state index in [4.69, 9.17) is 10.8 Å². The summed E-state index contributed by atoms with van der Waals surface area (Å²) >= 11 is 0. The van der Waals surface area contributed by atoms with Crippen LogP contribution in [0.15, 0.2) is 12.3 Å². The van der Waals surface area contributed by atoms with Crippen LogP contribution < -0.4 is 10.6 Å². The van der Waals surface area contributed by atoms with Gasteiger partial charge in [-0.3, -0.25) is 0 Å². The van der Waals surface area contributed by atoms with Crippen molar-refractivity contribution in [2.45, 2.75) is 45.2 Å². The molecule has 0 radical (unpaired) electrons. The Morgan fingerprint density at radius 3 is 2.94 bits per heavy atom. The van der Waals surface area contributed by atoms with E-state index in [0.717, 1.165) is 25.1 Å². The third kappa shape index (κ3) is 2.12. The maximum Gasteiger partial charge on any atom is 0.337 e. The number of carboxylic acid groups (broad SMARTS) is 1. The Balaban J connectivity index is 2.38. The second kappa shape index (κ2) is 4.84. The van der Waals surface area contributed by atoms with Crippen LogP contribution in [0.5, 0.6) is 0 Å². The lowest BCUT2D eigenvalue weighted by Gasteiger charge is -2.29. The first-order valence-electron chi connectivity index (χ1n) is 6.31. The van der Waals surface area contributed by atoms with E-state index in [2.05, 4.69) is 23.7 Å². The highest BCUT2D eigenvalue weighted by Crippen LogP contribution is 2.31. The molecule has 2 heterocycles. The monoisotopic (exact) mass is 249 g/mol. The number of nitrogens with two attached hydrogens (primary N) is 1. The first-order chi connectivity index (χ1) is 8.54. The molecule has 3 N–H and O–H groups in total. The molecule has 2 rings (SSSR count).